The summed E-state index contributed by atoms with van der Waals surface area (Å²) in [5.74, 6) is -1.41. The second-order valence-electron chi connectivity index (χ2n) is 8.55. The Labute approximate surface area is 211 Å². The molecule has 36 heavy (non-hydrogen) atoms. The molecular weight excluding hydrogens is 481 g/mol. The number of nitrogens with zero attached hydrogens (tertiary/aromatic N) is 2. The van der Waals surface area contributed by atoms with E-state index in [2.05, 4.69) is 5.32 Å². The quantitative estimate of drug-likeness (QED) is 0.474. The highest BCUT2D eigenvalue weighted by atomic mass is 32.2. The summed E-state index contributed by atoms with van der Waals surface area (Å²) in [5.41, 5.74) is 2.61. The third kappa shape index (κ3) is 6.09. The number of carbonyl (C=O) groups is 2. The second-order valence-corrected chi connectivity index (χ2v) is 10.4. The SMILES string of the molecule is CNC(=O)C(C)N(Cc1ccc(F)cc1)C(=O)CN(c1ccc(C)cc1C)S(=O)(=O)c1ccccc1. The number of halogens is 1. The summed E-state index contributed by atoms with van der Waals surface area (Å²) in [4.78, 5) is 27.5. The van der Waals surface area contributed by atoms with E-state index in [4.69, 9.17) is 0 Å². The van der Waals surface area contributed by atoms with Gasteiger partial charge in [-0.2, -0.15) is 0 Å². The molecule has 1 N–H and O–H groups in total. The van der Waals surface area contributed by atoms with Crippen molar-refractivity contribution >= 4 is 27.5 Å². The van der Waals surface area contributed by atoms with E-state index in [1.54, 1.807) is 44.2 Å². The first kappa shape index (κ1) is 26.9. The van der Waals surface area contributed by atoms with Crippen molar-refractivity contribution in [1.29, 1.82) is 0 Å². The zero-order valence-corrected chi connectivity index (χ0v) is 21.5. The van der Waals surface area contributed by atoms with Gasteiger partial charge in [0.2, 0.25) is 11.8 Å². The molecule has 0 fully saturated rings. The van der Waals surface area contributed by atoms with Crippen LogP contribution in [-0.2, 0) is 26.2 Å². The Morgan fingerprint density at radius 2 is 1.61 bits per heavy atom. The van der Waals surface area contributed by atoms with E-state index in [0.29, 0.717) is 16.8 Å². The molecule has 7 nitrogen and oxygen atoms in total. The molecule has 0 aliphatic carbocycles. The number of hydrogen-bond donors (Lipinski definition) is 1. The number of hydrogen-bond acceptors (Lipinski definition) is 4. The molecule has 1 atom stereocenters. The molecule has 0 saturated carbocycles. The average molecular weight is 512 g/mol. The van der Waals surface area contributed by atoms with E-state index in [0.717, 1.165) is 9.87 Å². The number of nitrogens with one attached hydrogen (secondary N) is 1. The standard InChI is InChI=1S/C27H30FN3O4S/c1-19-10-15-25(20(2)16-19)31(36(34,35)24-8-6-5-7-9-24)18-26(32)30(21(3)27(33)29-4)17-22-11-13-23(28)14-12-22/h5-16,21H,17-18H2,1-4H3,(H,29,33). The summed E-state index contributed by atoms with van der Waals surface area (Å²) in [7, 11) is -2.65. The number of rotatable bonds is 9. The summed E-state index contributed by atoms with van der Waals surface area (Å²) >= 11 is 0. The number of anilines is 1. The van der Waals surface area contributed by atoms with Gasteiger partial charge in [-0.1, -0.05) is 48.0 Å². The molecular formula is C27H30FN3O4S. The number of likely N-dealkylation sites (N-methyl/N-ethyl adjacent to an activating group) is 1. The van der Waals surface area contributed by atoms with Crippen LogP contribution in [0, 0.1) is 19.7 Å². The van der Waals surface area contributed by atoms with Crippen molar-refractivity contribution in [2.45, 2.75) is 38.3 Å². The van der Waals surface area contributed by atoms with Crippen LogP contribution >= 0.6 is 0 Å². The first-order chi connectivity index (χ1) is 17.0. The summed E-state index contributed by atoms with van der Waals surface area (Å²) < 4.78 is 41.9. The van der Waals surface area contributed by atoms with Crippen LogP contribution < -0.4 is 9.62 Å². The van der Waals surface area contributed by atoms with E-state index in [-0.39, 0.29) is 11.4 Å². The minimum absolute atomic E-state index is 0.000194. The van der Waals surface area contributed by atoms with Crippen molar-refractivity contribution in [3.05, 3.63) is 95.3 Å². The van der Waals surface area contributed by atoms with Gasteiger partial charge in [-0.05, 0) is 62.2 Å². The molecule has 3 aromatic rings. The molecule has 1 unspecified atom stereocenters. The highest BCUT2D eigenvalue weighted by Gasteiger charge is 2.32. The lowest BCUT2D eigenvalue weighted by Gasteiger charge is -2.32. The fourth-order valence-corrected chi connectivity index (χ4v) is 5.40. The minimum Gasteiger partial charge on any atom is -0.357 e. The molecule has 3 aromatic carbocycles. The fraction of sp³-hybridized carbons (Fsp3) is 0.259. The van der Waals surface area contributed by atoms with Crippen LogP contribution in [0.25, 0.3) is 0 Å². The zero-order chi connectivity index (χ0) is 26.5. The molecule has 0 saturated heterocycles. The van der Waals surface area contributed by atoms with Gasteiger partial charge in [0.15, 0.2) is 0 Å². The third-order valence-corrected chi connectivity index (χ3v) is 7.68. The Balaban J connectivity index is 2.05. The Bertz CT molecular complexity index is 1330. The first-order valence-corrected chi connectivity index (χ1v) is 12.9. The van der Waals surface area contributed by atoms with Crippen LogP contribution in [0.15, 0.2) is 77.7 Å². The van der Waals surface area contributed by atoms with Crippen LogP contribution in [0.2, 0.25) is 0 Å². The first-order valence-electron chi connectivity index (χ1n) is 11.4. The van der Waals surface area contributed by atoms with Crippen LogP contribution in [0.1, 0.15) is 23.6 Å². The van der Waals surface area contributed by atoms with Crippen molar-refractivity contribution in [1.82, 2.24) is 10.2 Å². The molecule has 0 heterocycles. The van der Waals surface area contributed by atoms with Gasteiger partial charge in [-0.15, -0.1) is 0 Å². The van der Waals surface area contributed by atoms with E-state index >= 15 is 0 Å². The topological polar surface area (TPSA) is 86.8 Å². The molecule has 190 valence electrons. The van der Waals surface area contributed by atoms with Gasteiger partial charge in [-0.25, -0.2) is 12.8 Å². The molecule has 0 spiro atoms. The number of carbonyl (C=O) groups excluding carboxylic acids is 2. The highest BCUT2D eigenvalue weighted by molar-refractivity contribution is 7.92. The van der Waals surface area contributed by atoms with Gasteiger partial charge in [0.05, 0.1) is 10.6 Å². The van der Waals surface area contributed by atoms with Gasteiger partial charge in [0, 0.05) is 13.6 Å². The minimum atomic E-state index is -4.11. The number of benzene rings is 3. The lowest BCUT2D eigenvalue weighted by Crippen LogP contribution is -2.50. The number of amides is 2. The monoisotopic (exact) mass is 511 g/mol. The Kier molecular flexibility index (Phi) is 8.47. The van der Waals surface area contributed by atoms with Gasteiger partial charge in [0.25, 0.3) is 10.0 Å². The lowest BCUT2D eigenvalue weighted by molar-refractivity contribution is -0.139. The van der Waals surface area contributed by atoms with Crippen molar-refractivity contribution in [2.75, 3.05) is 17.9 Å². The number of sulfonamides is 1. The van der Waals surface area contributed by atoms with Crippen molar-refractivity contribution in [3.63, 3.8) is 0 Å². The average Bonchev–Trinajstić information content (AvgIpc) is 2.86. The van der Waals surface area contributed by atoms with E-state index < -0.39 is 40.2 Å². The summed E-state index contributed by atoms with van der Waals surface area (Å²) in [6.45, 7) is 4.72. The van der Waals surface area contributed by atoms with E-state index in [9.17, 15) is 22.4 Å². The molecule has 0 aromatic heterocycles. The zero-order valence-electron chi connectivity index (χ0n) is 20.7. The number of aryl methyl sites for hydroxylation is 2. The molecule has 0 aliphatic heterocycles. The van der Waals surface area contributed by atoms with Gasteiger partial charge < -0.3 is 10.2 Å². The maximum absolute atomic E-state index is 13.7. The van der Waals surface area contributed by atoms with Crippen LogP contribution in [-0.4, -0.2) is 44.8 Å². The largest absolute Gasteiger partial charge is 0.357 e. The van der Waals surface area contributed by atoms with Crippen LogP contribution in [0.4, 0.5) is 10.1 Å². The molecule has 0 radical (unpaired) electrons. The molecule has 0 aliphatic rings. The highest BCUT2D eigenvalue weighted by Crippen LogP contribution is 2.28. The van der Waals surface area contributed by atoms with Gasteiger partial charge >= 0.3 is 0 Å². The van der Waals surface area contributed by atoms with Crippen molar-refractivity contribution < 1.29 is 22.4 Å². The van der Waals surface area contributed by atoms with Crippen LogP contribution in [0.5, 0.6) is 0 Å². The maximum atomic E-state index is 13.7. The Morgan fingerprint density at radius 3 is 2.19 bits per heavy atom. The lowest BCUT2D eigenvalue weighted by atomic mass is 10.1. The second kappa shape index (κ2) is 11.3. The Morgan fingerprint density at radius 1 is 0.972 bits per heavy atom. The van der Waals surface area contributed by atoms with Crippen molar-refractivity contribution in [3.8, 4) is 0 Å². The molecule has 2 amide bonds. The maximum Gasteiger partial charge on any atom is 0.264 e. The molecule has 3 rings (SSSR count). The normalized spacial score (nSPS) is 12.0. The Hall–Kier alpha value is -3.72. The van der Waals surface area contributed by atoms with E-state index in [1.807, 2.05) is 13.0 Å². The predicted molar refractivity (Wildman–Crippen MR) is 137 cm³/mol. The summed E-state index contributed by atoms with van der Waals surface area (Å²) in [5, 5.41) is 2.53. The van der Waals surface area contributed by atoms with Gasteiger partial charge in [-0.3, -0.25) is 13.9 Å². The smallest absolute Gasteiger partial charge is 0.264 e. The van der Waals surface area contributed by atoms with Gasteiger partial charge in [0.1, 0.15) is 18.4 Å². The van der Waals surface area contributed by atoms with Crippen molar-refractivity contribution in [2.24, 2.45) is 0 Å². The predicted octanol–water partition coefficient (Wildman–Crippen LogP) is 3.80. The molecule has 9 heteroatoms. The van der Waals surface area contributed by atoms with Crippen LogP contribution in [0.3, 0.4) is 0 Å². The third-order valence-electron chi connectivity index (χ3n) is 5.91. The van der Waals surface area contributed by atoms with E-state index in [1.165, 1.54) is 48.3 Å². The summed E-state index contributed by atoms with van der Waals surface area (Å²) in [6.07, 6.45) is 0. The fourth-order valence-electron chi connectivity index (χ4n) is 3.90. The summed E-state index contributed by atoms with van der Waals surface area (Å²) in [6, 6.07) is 17.9. The molecule has 0 bridgehead atoms.